The molecule has 0 bridgehead atoms. The van der Waals surface area contributed by atoms with E-state index in [2.05, 4.69) is 0 Å². The van der Waals surface area contributed by atoms with Crippen LogP contribution in [0.3, 0.4) is 0 Å². The largest absolute Gasteiger partial charge is 0.376 e. The lowest BCUT2D eigenvalue weighted by molar-refractivity contribution is -0.385. The third-order valence-electron chi connectivity index (χ3n) is 3.23. The predicted octanol–water partition coefficient (Wildman–Crippen LogP) is 2.50. The average Bonchev–Trinajstić information content (AvgIpc) is 2.90. The van der Waals surface area contributed by atoms with Gasteiger partial charge in [0, 0.05) is 31.3 Å². The quantitative estimate of drug-likeness (QED) is 0.632. The maximum absolute atomic E-state index is 12.3. The highest BCUT2D eigenvalue weighted by molar-refractivity contribution is 6.31. The SMILES string of the molecule is CN(C[C@@H]1CCCO1)C(=O)c1cc(Cl)ccc1[N+](=O)[O-]. The molecule has 0 radical (unpaired) electrons. The number of likely N-dealkylation sites (N-methyl/N-ethyl adjacent to an activating group) is 1. The lowest BCUT2D eigenvalue weighted by Crippen LogP contribution is -2.34. The summed E-state index contributed by atoms with van der Waals surface area (Å²) in [5.41, 5.74) is -0.235. The van der Waals surface area contributed by atoms with Gasteiger partial charge in [0.05, 0.1) is 11.0 Å². The molecule has 1 aliphatic rings. The number of hydrogen-bond acceptors (Lipinski definition) is 4. The zero-order valence-electron chi connectivity index (χ0n) is 11.0. The van der Waals surface area contributed by atoms with Crippen LogP contribution in [0, 0.1) is 10.1 Å². The Morgan fingerprint density at radius 2 is 2.35 bits per heavy atom. The molecule has 1 aliphatic heterocycles. The summed E-state index contributed by atoms with van der Waals surface area (Å²) in [6, 6.07) is 3.97. The molecule has 7 heteroatoms. The van der Waals surface area contributed by atoms with E-state index in [1.807, 2.05) is 0 Å². The maximum atomic E-state index is 12.3. The van der Waals surface area contributed by atoms with Gasteiger partial charge in [0.25, 0.3) is 11.6 Å². The van der Waals surface area contributed by atoms with Gasteiger partial charge in [-0.1, -0.05) is 11.6 Å². The third-order valence-corrected chi connectivity index (χ3v) is 3.47. The molecule has 1 heterocycles. The molecule has 1 amide bonds. The van der Waals surface area contributed by atoms with Gasteiger partial charge in [-0.25, -0.2) is 0 Å². The van der Waals surface area contributed by atoms with E-state index in [0.717, 1.165) is 12.8 Å². The number of nitro benzene ring substituents is 1. The zero-order valence-corrected chi connectivity index (χ0v) is 11.8. The Balaban J connectivity index is 2.18. The number of amides is 1. The summed E-state index contributed by atoms with van der Waals surface area (Å²) in [5, 5.41) is 11.3. The van der Waals surface area contributed by atoms with Crippen LogP contribution in [-0.4, -0.2) is 42.0 Å². The maximum Gasteiger partial charge on any atom is 0.282 e. The molecule has 1 aromatic rings. The Morgan fingerprint density at radius 3 is 2.95 bits per heavy atom. The number of halogens is 1. The Morgan fingerprint density at radius 1 is 1.60 bits per heavy atom. The molecule has 1 aromatic carbocycles. The van der Waals surface area contributed by atoms with Crippen molar-refractivity contribution in [2.24, 2.45) is 0 Å². The molecular weight excluding hydrogens is 284 g/mol. The molecular formula is C13H15ClN2O4. The van der Waals surface area contributed by atoms with Crippen LogP contribution in [0.25, 0.3) is 0 Å². The van der Waals surface area contributed by atoms with E-state index in [9.17, 15) is 14.9 Å². The lowest BCUT2D eigenvalue weighted by Gasteiger charge is -2.20. The smallest absolute Gasteiger partial charge is 0.282 e. The van der Waals surface area contributed by atoms with Crippen LogP contribution >= 0.6 is 11.6 Å². The summed E-state index contributed by atoms with van der Waals surface area (Å²) in [6.07, 6.45) is 1.88. The number of nitro groups is 1. The second kappa shape index (κ2) is 6.19. The highest BCUT2D eigenvalue weighted by atomic mass is 35.5. The molecule has 0 unspecified atom stereocenters. The van der Waals surface area contributed by atoms with Crippen molar-refractivity contribution < 1.29 is 14.5 Å². The van der Waals surface area contributed by atoms with Crippen molar-refractivity contribution in [3.63, 3.8) is 0 Å². The van der Waals surface area contributed by atoms with Gasteiger partial charge >= 0.3 is 0 Å². The molecule has 0 saturated carbocycles. The Kier molecular flexibility index (Phi) is 4.57. The fourth-order valence-electron chi connectivity index (χ4n) is 2.22. The fourth-order valence-corrected chi connectivity index (χ4v) is 2.39. The number of carbonyl (C=O) groups is 1. The van der Waals surface area contributed by atoms with E-state index in [1.54, 1.807) is 7.05 Å². The Labute approximate surface area is 121 Å². The molecule has 1 saturated heterocycles. The molecule has 1 fully saturated rings. The van der Waals surface area contributed by atoms with Gasteiger partial charge in [0.1, 0.15) is 5.56 Å². The molecule has 2 rings (SSSR count). The van der Waals surface area contributed by atoms with E-state index in [-0.39, 0.29) is 17.4 Å². The van der Waals surface area contributed by atoms with Crippen molar-refractivity contribution >= 4 is 23.2 Å². The van der Waals surface area contributed by atoms with Crippen LogP contribution in [0.4, 0.5) is 5.69 Å². The number of nitrogens with zero attached hydrogens (tertiary/aromatic N) is 2. The van der Waals surface area contributed by atoms with E-state index >= 15 is 0 Å². The number of hydrogen-bond donors (Lipinski definition) is 0. The van der Waals surface area contributed by atoms with Gasteiger partial charge in [-0.15, -0.1) is 0 Å². The van der Waals surface area contributed by atoms with Crippen molar-refractivity contribution in [2.45, 2.75) is 18.9 Å². The van der Waals surface area contributed by atoms with E-state index in [0.29, 0.717) is 18.2 Å². The summed E-state index contributed by atoms with van der Waals surface area (Å²) in [5.74, 6) is -0.422. The van der Waals surface area contributed by atoms with E-state index in [4.69, 9.17) is 16.3 Å². The summed E-state index contributed by atoms with van der Waals surface area (Å²) in [7, 11) is 1.61. The van der Waals surface area contributed by atoms with Crippen LogP contribution in [0.15, 0.2) is 18.2 Å². The van der Waals surface area contributed by atoms with Gasteiger partial charge in [0.2, 0.25) is 0 Å². The highest BCUT2D eigenvalue weighted by Crippen LogP contribution is 2.24. The highest BCUT2D eigenvalue weighted by Gasteiger charge is 2.26. The standard InChI is InChI=1S/C13H15ClN2O4/c1-15(8-10-3-2-6-20-10)13(17)11-7-9(14)4-5-12(11)16(18)19/h4-5,7,10H,2-3,6,8H2,1H3/t10-/m0/s1. The molecule has 0 aromatic heterocycles. The lowest BCUT2D eigenvalue weighted by atomic mass is 10.1. The predicted molar refractivity (Wildman–Crippen MR) is 74.0 cm³/mol. The van der Waals surface area contributed by atoms with E-state index in [1.165, 1.54) is 23.1 Å². The summed E-state index contributed by atoms with van der Waals surface area (Å²) in [6.45, 7) is 1.12. The van der Waals surface area contributed by atoms with Crippen molar-refractivity contribution in [1.29, 1.82) is 0 Å². The average molecular weight is 299 g/mol. The Bertz CT molecular complexity index is 529. The number of carbonyl (C=O) groups excluding carboxylic acids is 1. The molecule has 20 heavy (non-hydrogen) atoms. The second-order valence-corrected chi connectivity index (χ2v) is 5.18. The first kappa shape index (κ1) is 14.7. The molecule has 108 valence electrons. The monoisotopic (exact) mass is 298 g/mol. The number of ether oxygens (including phenoxy) is 1. The number of rotatable bonds is 4. The minimum atomic E-state index is -0.580. The van der Waals surface area contributed by atoms with Crippen molar-refractivity contribution in [3.8, 4) is 0 Å². The van der Waals surface area contributed by atoms with Crippen LogP contribution in [0.2, 0.25) is 5.02 Å². The second-order valence-electron chi connectivity index (χ2n) is 4.74. The topological polar surface area (TPSA) is 72.7 Å². The molecule has 0 N–H and O–H groups in total. The Hall–Kier alpha value is -1.66. The van der Waals surface area contributed by atoms with Crippen molar-refractivity contribution in [3.05, 3.63) is 38.9 Å². The minimum Gasteiger partial charge on any atom is -0.376 e. The van der Waals surface area contributed by atoms with Crippen LogP contribution in [-0.2, 0) is 4.74 Å². The van der Waals surface area contributed by atoms with Crippen LogP contribution in [0.1, 0.15) is 23.2 Å². The third kappa shape index (κ3) is 3.26. The molecule has 6 nitrogen and oxygen atoms in total. The van der Waals surface area contributed by atoms with Gasteiger partial charge in [-0.05, 0) is 25.0 Å². The zero-order chi connectivity index (χ0) is 14.7. The van der Waals surface area contributed by atoms with Crippen LogP contribution in [0.5, 0.6) is 0 Å². The number of benzene rings is 1. The van der Waals surface area contributed by atoms with Gasteiger partial charge in [-0.2, -0.15) is 0 Å². The summed E-state index contributed by atoms with van der Waals surface area (Å²) < 4.78 is 5.46. The first-order chi connectivity index (χ1) is 9.49. The fraction of sp³-hybridized carbons (Fsp3) is 0.462. The molecule has 0 spiro atoms. The first-order valence-corrected chi connectivity index (χ1v) is 6.68. The van der Waals surface area contributed by atoms with Crippen molar-refractivity contribution in [2.75, 3.05) is 20.2 Å². The van der Waals surface area contributed by atoms with Gasteiger partial charge in [-0.3, -0.25) is 14.9 Å². The summed E-state index contributed by atoms with van der Waals surface area (Å²) >= 11 is 5.82. The van der Waals surface area contributed by atoms with Crippen LogP contribution < -0.4 is 0 Å². The summed E-state index contributed by atoms with van der Waals surface area (Å²) in [4.78, 5) is 24.1. The van der Waals surface area contributed by atoms with E-state index < -0.39 is 10.8 Å². The van der Waals surface area contributed by atoms with Gasteiger partial charge in [0.15, 0.2) is 0 Å². The first-order valence-electron chi connectivity index (χ1n) is 6.30. The van der Waals surface area contributed by atoms with Gasteiger partial charge < -0.3 is 9.64 Å². The molecule has 0 aliphatic carbocycles. The molecule has 1 atom stereocenters. The minimum absolute atomic E-state index is 0.00203. The van der Waals surface area contributed by atoms with Crippen molar-refractivity contribution in [1.82, 2.24) is 4.90 Å². The normalized spacial score (nSPS) is 18.0.